The SMILES string of the molecule is CCn1c(C)cc(C(=O)CN(C)CC2CCCC2)c1C. The molecule has 0 spiro atoms. The number of ketones is 1. The molecule has 1 heterocycles. The molecule has 2 rings (SSSR count). The number of carbonyl (C=O) groups excluding carboxylic acids is 1. The Hall–Kier alpha value is -1.09. The van der Waals surface area contributed by atoms with Crippen molar-refractivity contribution in [3.63, 3.8) is 0 Å². The monoisotopic (exact) mass is 276 g/mol. The van der Waals surface area contributed by atoms with Gasteiger partial charge in [-0.05, 0) is 52.6 Å². The van der Waals surface area contributed by atoms with Gasteiger partial charge in [0.15, 0.2) is 5.78 Å². The lowest BCUT2D eigenvalue weighted by molar-refractivity contribution is 0.0937. The van der Waals surface area contributed by atoms with Gasteiger partial charge in [-0.25, -0.2) is 0 Å². The molecule has 112 valence electrons. The van der Waals surface area contributed by atoms with Gasteiger partial charge in [0, 0.05) is 30.0 Å². The maximum Gasteiger partial charge on any atom is 0.178 e. The molecule has 0 N–H and O–H groups in total. The summed E-state index contributed by atoms with van der Waals surface area (Å²) in [5.74, 6) is 1.06. The number of hydrogen-bond acceptors (Lipinski definition) is 2. The first-order chi connectivity index (χ1) is 9.52. The van der Waals surface area contributed by atoms with Gasteiger partial charge in [-0.1, -0.05) is 12.8 Å². The zero-order valence-electron chi connectivity index (χ0n) is 13.4. The molecule has 0 amide bonds. The van der Waals surface area contributed by atoms with Crippen LogP contribution in [0.1, 0.15) is 54.4 Å². The normalized spacial score (nSPS) is 16.2. The van der Waals surface area contributed by atoms with Crippen LogP contribution in [0.25, 0.3) is 0 Å². The molecule has 1 aromatic heterocycles. The highest BCUT2D eigenvalue weighted by Gasteiger charge is 2.20. The summed E-state index contributed by atoms with van der Waals surface area (Å²) >= 11 is 0. The van der Waals surface area contributed by atoms with Crippen molar-refractivity contribution in [1.29, 1.82) is 0 Å². The summed E-state index contributed by atoms with van der Waals surface area (Å²) in [6.07, 6.45) is 5.40. The van der Waals surface area contributed by atoms with E-state index in [4.69, 9.17) is 0 Å². The first kappa shape index (κ1) is 15.3. The van der Waals surface area contributed by atoms with Crippen LogP contribution in [0.2, 0.25) is 0 Å². The van der Waals surface area contributed by atoms with E-state index in [1.807, 2.05) is 6.07 Å². The van der Waals surface area contributed by atoms with Crippen molar-refractivity contribution in [2.24, 2.45) is 5.92 Å². The van der Waals surface area contributed by atoms with Gasteiger partial charge in [0.05, 0.1) is 6.54 Å². The average molecular weight is 276 g/mol. The summed E-state index contributed by atoms with van der Waals surface area (Å²) in [6.45, 7) is 8.81. The highest BCUT2D eigenvalue weighted by molar-refractivity contribution is 5.99. The smallest absolute Gasteiger partial charge is 0.178 e. The van der Waals surface area contributed by atoms with Crippen molar-refractivity contribution >= 4 is 5.78 Å². The molecule has 0 atom stereocenters. The standard InChI is InChI=1S/C17H28N2O/c1-5-19-13(2)10-16(14(19)3)17(20)12-18(4)11-15-8-6-7-9-15/h10,15H,5-9,11-12H2,1-4H3. The minimum Gasteiger partial charge on any atom is -0.349 e. The maximum absolute atomic E-state index is 12.5. The Balaban J connectivity index is 1.97. The van der Waals surface area contributed by atoms with E-state index in [2.05, 4.69) is 37.3 Å². The average Bonchev–Trinajstić information content (AvgIpc) is 2.97. The highest BCUT2D eigenvalue weighted by Crippen LogP contribution is 2.25. The zero-order chi connectivity index (χ0) is 14.7. The second kappa shape index (κ2) is 6.57. The quantitative estimate of drug-likeness (QED) is 0.744. The lowest BCUT2D eigenvalue weighted by atomic mass is 10.1. The highest BCUT2D eigenvalue weighted by atomic mass is 16.1. The van der Waals surface area contributed by atoms with Crippen LogP contribution in [0.4, 0.5) is 0 Å². The summed E-state index contributed by atoms with van der Waals surface area (Å²) in [5.41, 5.74) is 3.21. The zero-order valence-corrected chi connectivity index (χ0v) is 13.4. The molecule has 0 bridgehead atoms. The van der Waals surface area contributed by atoms with Gasteiger partial charge >= 0.3 is 0 Å². The van der Waals surface area contributed by atoms with E-state index in [0.717, 1.165) is 30.3 Å². The first-order valence-electron chi connectivity index (χ1n) is 7.91. The topological polar surface area (TPSA) is 25.2 Å². The summed E-state index contributed by atoms with van der Waals surface area (Å²) < 4.78 is 2.21. The number of nitrogens with zero attached hydrogens (tertiary/aromatic N) is 2. The molecule has 3 heteroatoms. The minimum atomic E-state index is 0.262. The Labute approximate surface area is 123 Å². The molecular formula is C17H28N2O. The molecule has 20 heavy (non-hydrogen) atoms. The third kappa shape index (κ3) is 3.32. The molecule has 1 saturated carbocycles. The molecule has 0 aliphatic heterocycles. The molecule has 0 radical (unpaired) electrons. The van der Waals surface area contributed by atoms with Crippen molar-refractivity contribution in [2.45, 2.75) is 53.0 Å². The van der Waals surface area contributed by atoms with Gasteiger partial charge in [0.25, 0.3) is 0 Å². The molecule has 1 aromatic rings. The maximum atomic E-state index is 12.5. The van der Waals surface area contributed by atoms with Crippen molar-refractivity contribution in [3.05, 3.63) is 23.0 Å². The van der Waals surface area contributed by atoms with Crippen LogP contribution in [0.3, 0.4) is 0 Å². The lowest BCUT2D eigenvalue weighted by Crippen LogP contribution is -2.30. The van der Waals surface area contributed by atoms with E-state index < -0.39 is 0 Å². The molecular weight excluding hydrogens is 248 g/mol. The third-order valence-electron chi connectivity index (χ3n) is 4.65. The van der Waals surface area contributed by atoms with Crippen molar-refractivity contribution in [2.75, 3.05) is 20.1 Å². The van der Waals surface area contributed by atoms with E-state index in [9.17, 15) is 4.79 Å². The van der Waals surface area contributed by atoms with Crippen LogP contribution in [0.15, 0.2) is 6.07 Å². The van der Waals surface area contributed by atoms with Gasteiger partial charge in [0.2, 0.25) is 0 Å². The summed E-state index contributed by atoms with van der Waals surface area (Å²) in [7, 11) is 2.08. The fourth-order valence-electron chi connectivity index (χ4n) is 3.60. The fourth-order valence-corrected chi connectivity index (χ4v) is 3.60. The largest absolute Gasteiger partial charge is 0.349 e. The number of likely N-dealkylation sites (N-methyl/N-ethyl adjacent to an activating group) is 1. The second-order valence-electron chi connectivity index (χ2n) is 6.30. The van der Waals surface area contributed by atoms with Crippen molar-refractivity contribution in [3.8, 4) is 0 Å². The second-order valence-corrected chi connectivity index (χ2v) is 6.30. The lowest BCUT2D eigenvalue weighted by Gasteiger charge is -2.19. The van der Waals surface area contributed by atoms with Crippen LogP contribution < -0.4 is 0 Å². The van der Waals surface area contributed by atoms with E-state index in [0.29, 0.717) is 6.54 Å². The van der Waals surface area contributed by atoms with E-state index in [1.165, 1.54) is 31.4 Å². The van der Waals surface area contributed by atoms with Crippen molar-refractivity contribution in [1.82, 2.24) is 9.47 Å². The predicted octanol–water partition coefficient (Wildman–Crippen LogP) is 3.43. The number of Topliss-reactive ketones (excluding diaryl/α,β-unsaturated/α-hetero) is 1. The van der Waals surface area contributed by atoms with Gasteiger partial charge in [-0.3, -0.25) is 9.69 Å². The predicted molar refractivity (Wildman–Crippen MR) is 83.4 cm³/mol. The first-order valence-corrected chi connectivity index (χ1v) is 7.91. The number of hydrogen-bond donors (Lipinski definition) is 0. The Morgan fingerprint density at radius 3 is 2.55 bits per heavy atom. The summed E-state index contributed by atoms with van der Waals surface area (Å²) in [4.78, 5) is 14.7. The van der Waals surface area contributed by atoms with Crippen LogP contribution in [0.5, 0.6) is 0 Å². The molecule has 1 aliphatic carbocycles. The fraction of sp³-hybridized carbons (Fsp3) is 0.706. The minimum absolute atomic E-state index is 0.262. The van der Waals surface area contributed by atoms with Crippen LogP contribution >= 0.6 is 0 Å². The number of rotatable bonds is 6. The molecule has 0 saturated heterocycles. The van der Waals surface area contributed by atoms with Gasteiger partial charge < -0.3 is 4.57 Å². The Bertz CT molecular complexity index is 470. The summed E-state index contributed by atoms with van der Waals surface area (Å²) in [6, 6.07) is 2.05. The molecule has 0 unspecified atom stereocenters. The van der Waals surface area contributed by atoms with Gasteiger partial charge in [-0.2, -0.15) is 0 Å². The molecule has 1 fully saturated rings. The van der Waals surface area contributed by atoms with E-state index in [-0.39, 0.29) is 5.78 Å². The molecule has 1 aliphatic rings. The van der Waals surface area contributed by atoms with Crippen LogP contribution in [0, 0.1) is 19.8 Å². The third-order valence-corrected chi connectivity index (χ3v) is 4.65. The molecule has 0 aromatic carbocycles. The van der Waals surface area contributed by atoms with E-state index >= 15 is 0 Å². The number of carbonyl (C=O) groups is 1. The van der Waals surface area contributed by atoms with Gasteiger partial charge in [-0.15, -0.1) is 0 Å². The molecule has 3 nitrogen and oxygen atoms in total. The summed E-state index contributed by atoms with van der Waals surface area (Å²) in [5, 5.41) is 0. The Morgan fingerprint density at radius 2 is 2.00 bits per heavy atom. The van der Waals surface area contributed by atoms with E-state index in [1.54, 1.807) is 0 Å². The number of aryl methyl sites for hydroxylation is 1. The van der Waals surface area contributed by atoms with Gasteiger partial charge in [0.1, 0.15) is 0 Å². The Morgan fingerprint density at radius 1 is 1.35 bits per heavy atom. The van der Waals surface area contributed by atoms with Crippen LogP contribution in [-0.2, 0) is 6.54 Å². The van der Waals surface area contributed by atoms with Crippen LogP contribution in [-0.4, -0.2) is 35.4 Å². The Kier molecular flexibility index (Phi) is 5.03. The number of aromatic nitrogens is 1. The van der Waals surface area contributed by atoms with Crippen molar-refractivity contribution < 1.29 is 4.79 Å².